The van der Waals surface area contributed by atoms with Gasteiger partial charge in [0.25, 0.3) is 0 Å². The van der Waals surface area contributed by atoms with Crippen LogP contribution in [0, 0.1) is 0 Å². The number of aryl methyl sites for hydroxylation is 1. The molecule has 132 valence electrons. The molecule has 1 aliphatic rings. The number of fused-ring (bicyclic) bond motifs is 1. The number of hydrogen-bond donors (Lipinski definition) is 2. The van der Waals surface area contributed by atoms with Crippen LogP contribution in [0.4, 0.5) is 5.69 Å². The van der Waals surface area contributed by atoms with E-state index in [4.69, 9.17) is 4.74 Å². The van der Waals surface area contributed by atoms with Crippen molar-refractivity contribution >= 4 is 27.6 Å². The topological polar surface area (TPSA) is 102 Å². The molecule has 0 aromatic heterocycles. The van der Waals surface area contributed by atoms with E-state index in [0.717, 1.165) is 5.56 Å². The van der Waals surface area contributed by atoms with Crippen LogP contribution in [-0.4, -0.2) is 32.9 Å². The van der Waals surface area contributed by atoms with Crippen LogP contribution in [0.1, 0.15) is 38.7 Å². The molecule has 2 N–H and O–H groups in total. The lowest BCUT2D eigenvalue weighted by atomic mass is 9.98. The van der Waals surface area contributed by atoms with E-state index in [0.29, 0.717) is 31.4 Å². The second-order valence-electron chi connectivity index (χ2n) is 6.05. The van der Waals surface area contributed by atoms with Crippen LogP contribution in [0.15, 0.2) is 23.1 Å². The number of anilines is 1. The van der Waals surface area contributed by atoms with Crippen molar-refractivity contribution in [2.75, 3.05) is 12.4 Å². The first-order valence-corrected chi connectivity index (χ1v) is 9.25. The van der Waals surface area contributed by atoms with Gasteiger partial charge in [0, 0.05) is 12.1 Å². The molecule has 7 nitrogen and oxygen atoms in total. The Morgan fingerprint density at radius 1 is 1.38 bits per heavy atom. The number of sulfonamides is 1. The Hall–Kier alpha value is -1.93. The van der Waals surface area contributed by atoms with E-state index < -0.39 is 21.5 Å². The van der Waals surface area contributed by atoms with Crippen molar-refractivity contribution < 1.29 is 22.7 Å². The van der Waals surface area contributed by atoms with Crippen molar-refractivity contribution in [3.8, 4) is 0 Å². The van der Waals surface area contributed by atoms with Crippen LogP contribution in [-0.2, 0) is 30.8 Å². The average molecular weight is 354 g/mol. The predicted molar refractivity (Wildman–Crippen MR) is 89.0 cm³/mol. The highest BCUT2D eigenvalue weighted by Gasteiger charge is 2.38. The molecule has 0 aliphatic carbocycles. The fourth-order valence-electron chi connectivity index (χ4n) is 2.80. The molecule has 1 amide bonds. The lowest BCUT2D eigenvalue weighted by molar-refractivity contribution is -0.147. The fraction of sp³-hybridized carbons (Fsp3) is 0.500. The third-order valence-electron chi connectivity index (χ3n) is 4.03. The maximum absolute atomic E-state index is 12.7. The number of carbonyl (C=O) groups excluding carboxylic acids is 2. The summed E-state index contributed by atoms with van der Waals surface area (Å²) in [5.41, 5.74) is 0.0501. The monoisotopic (exact) mass is 354 g/mol. The molecule has 8 heteroatoms. The third kappa shape index (κ3) is 3.76. The SMILES string of the molecule is CCCC(C)(NS(=O)(=O)c1ccc2c(c1)CCC(=O)N2)C(=O)OC. The first-order chi connectivity index (χ1) is 11.2. The van der Waals surface area contributed by atoms with Gasteiger partial charge in [0.1, 0.15) is 5.54 Å². The molecular formula is C16H22N2O5S. The Bertz CT molecular complexity index is 760. The Morgan fingerprint density at radius 2 is 2.08 bits per heavy atom. The number of carbonyl (C=O) groups is 2. The molecule has 1 aromatic rings. The van der Waals surface area contributed by atoms with E-state index >= 15 is 0 Å². The molecular weight excluding hydrogens is 332 g/mol. The van der Waals surface area contributed by atoms with Crippen molar-refractivity contribution in [3.05, 3.63) is 23.8 Å². The van der Waals surface area contributed by atoms with Crippen molar-refractivity contribution in [1.29, 1.82) is 0 Å². The first kappa shape index (κ1) is 18.4. The number of hydrogen-bond acceptors (Lipinski definition) is 5. The van der Waals surface area contributed by atoms with Gasteiger partial charge in [-0.1, -0.05) is 13.3 Å². The van der Waals surface area contributed by atoms with Crippen LogP contribution in [0.2, 0.25) is 0 Å². The molecule has 0 fully saturated rings. The van der Waals surface area contributed by atoms with E-state index in [-0.39, 0.29) is 10.8 Å². The summed E-state index contributed by atoms with van der Waals surface area (Å²) in [6.07, 6.45) is 1.73. The van der Waals surface area contributed by atoms with Crippen LogP contribution in [0.5, 0.6) is 0 Å². The van der Waals surface area contributed by atoms with Gasteiger partial charge in [-0.2, -0.15) is 4.72 Å². The van der Waals surface area contributed by atoms with Crippen molar-refractivity contribution in [2.45, 2.75) is 50.0 Å². The first-order valence-electron chi connectivity index (χ1n) is 7.77. The minimum atomic E-state index is -3.91. The highest BCUT2D eigenvalue weighted by atomic mass is 32.2. The predicted octanol–water partition coefficient (Wildman–Crippen LogP) is 1.58. The quantitative estimate of drug-likeness (QED) is 0.755. The van der Waals surface area contributed by atoms with Gasteiger partial charge in [0.2, 0.25) is 15.9 Å². The molecule has 0 bridgehead atoms. The summed E-state index contributed by atoms with van der Waals surface area (Å²) < 4.78 is 32.6. The molecule has 0 saturated carbocycles. The molecule has 0 saturated heterocycles. The molecule has 1 aliphatic heterocycles. The number of amides is 1. The number of esters is 1. The number of methoxy groups -OCH3 is 1. The summed E-state index contributed by atoms with van der Waals surface area (Å²) in [7, 11) is -2.68. The summed E-state index contributed by atoms with van der Waals surface area (Å²) in [6.45, 7) is 3.37. The van der Waals surface area contributed by atoms with Gasteiger partial charge < -0.3 is 10.1 Å². The van der Waals surface area contributed by atoms with E-state index in [1.165, 1.54) is 26.2 Å². The Kier molecular flexibility index (Phi) is 5.29. The number of rotatable bonds is 6. The Morgan fingerprint density at radius 3 is 2.71 bits per heavy atom. The molecule has 1 heterocycles. The normalized spacial score (nSPS) is 16.7. The maximum atomic E-state index is 12.7. The van der Waals surface area contributed by atoms with E-state index in [1.54, 1.807) is 6.07 Å². The highest BCUT2D eigenvalue weighted by molar-refractivity contribution is 7.89. The second kappa shape index (κ2) is 6.90. The van der Waals surface area contributed by atoms with Crippen molar-refractivity contribution in [3.63, 3.8) is 0 Å². The minimum absolute atomic E-state index is 0.0589. The van der Waals surface area contributed by atoms with Gasteiger partial charge >= 0.3 is 5.97 Å². The molecule has 1 atom stereocenters. The van der Waals surface area contributed by atoms with E-state index in [9.17, 15) is 18.0 Å². The molecule has 2 rings (SSSR count). The Balaban J connectivity index is 2.33. The zero-order valence-corrected chi connectivity index (χ0v) is 14.8. The van der Waals surface area contributed by atoms with Gasteiger partial charge in [0.05, 0.1) is 12.0 Å². The molecule has 1 aromatic carbocycles. The van der Waals surface area contributed by atoms with E-state index in [2.05, 4.69) is 10.0 Å². The number of ether oxygens (including phenoxy) is 1. The summed E-state index contributed by atoms with van der Waals surface area (Å²) in [6, 6.07) is 4.51. The molecule has 0 spiro atoms. The fourth-order valence-corrected chi connectivity index (χ4v) is 4.24. The number of nitrogens with one attached hydrogen (secondary N) is 2. The third-order valence-corrected chi connectivity index (χ3v) is 5.62. The van der Waals surface area contributed by atoms with Gasteiger partial charge in [-0.3, -0.25) is 9.59 Å². The standard InChI is InChI=1S/C16H22N2O5S/c1-4-9-16(2,15(20)23-3)18-24(21,22)12-6-7-13-11(10-12)5-8-14(19)17-13/h6-7,10,18H,4-5,8-9H2,1-3H3,(H,17,19). The largest absolute Gasteiger partial charge is 0.468 e. The number of benzene rings is 1. The molecule has 24 heavy (non-hydrogen) atoms. The van der Waals surface area contributed by atoms with Crippen molar-refractivity contribution in [2.24, 2.45) is 0 Å². The van der Waals surface area contributed by atoms with Crippen LogP contribution >= 0.6 is 0 Å². The summed E-state index contributed by atoms with van der Waals surface area (Å²) in [5, 5.41) is 2.71. The van der Waals surface area contributed by atoms with Gasteiger partial charge in [-0.05, 0) is 43.5 Å². The zero-order valence-electron chi connectivity index (χ0n) is 14.0. The summed E-state index contributed by atoms with van der Waals surface area (Å²) in [5.74, 6) is -0.712. The Labute approximate surface area is 141 Å². The smallest absolute Gasteiger partial charge is 0.326 e. The minimum Gasteiger partial charge on any atom is -0.468 e. The average Bonchev–Trinajstić information content (AvgIpc) is 2.53. The van der Waals surface area contributed by atoms with Crippen LogP contribution in [0.3, 0.4) is 0 Å². The lowest BCUT2D eigenvalue weighted by Gasteiger charge is -2.27. The highest BCUT2D eigenvalue weighted by Crippen LogP contribution is 2.26. The van der Waals surface area contributed by atoms with Gasteiger partial charge in [-0.25, -0.2) is 8.42 Å². The second-order valence-corrected chi connectivity index (χ2v) is 7.73. The van der Waals surface area contributed by atoms with Crippen LogP contribution < -0.4 is 10.0 Å². The van der Waals surface area contributed by atoms with Crippen LogP contribution in [0.25, 0.3) is 0 Å². The van der Waals surface area contributed by atoms with E-state index in [1.807, 2.05) is 6.92 Å². The van der Waals surface area contributed by atoms with Crippen molar-refractivity contribution in [1.82, 2.24) is 4.72 Å². The summed E-state index contributed by atoms with van der Waals surface area (Å²) in [4.78, 5) is 23.4. The summed E-state index contributed by atoms with van der Waals surface area (Å²) >= 11 is 0. The lowest BCUT2D eigenvalue weighted by Crippen LogP contribution is -2.52. The van der Waals surface area contributed by atoms with Gasteiger partial charge in [-0.15, -0.1) is 0 Å². The zero-order chi connectivity index (χ0) is 18.0. The molecule has 0 radical (unpaired) electrons. The molecule has 1 unspecified atom stereocenters. The maximum Gasteiger partial charge on any atom is 0.326 e. The van der Waals surface area contributed by atoms with Gasteiger partial charge in [0.15, 0.2) is 0 Å².